The third kappa shape index (κ3) is 4.50. The first-order chi connectivity index (χ1) is 28.7. The van der Waals surface area contributed by atoms with E-state index in [4.69, 9.17) is 9.97 Å². The normalized spacial score (nSPS) is 12.9. The Balaban J connectivity index is 1.05. The first kappa shape index (κ1) is 32.4. The van der Waals surface area contributed by atoms with Gasteiger partial charge in [-0.3, -0.25) is 0 Å². The monoisotopic (exact) mass is 736 g/mol. The van der Waals surface area contributed by atoms with Gasteiger partial charge in [-0.25, -0.2) is 9.97 Å². The Morgan fingerprint density at radius 3 is 1.66 bits per heavy atom. The topological polar surface area (TPSA) is 54.5 Å². The first-order valence-electron chi connectivity index (χ1n) is 19.6. The maximum Gasteiger partial charge on any atom is 0.160 e. The second-order valence-corrected chi connectivity index (χ2v) is 15.2. The zero-order valence-corrected chi connectivity index (χ0v) is 31.3. The van der Waals surface area contributed by atoms with Crippen LogP contribution >= 0.6 is 0 Å². The van der Waals surface area contributed by atoms with E-state index < -0.39 is 5.41 Å². The van der Waals surface area contributed by atoms with Gasteiger partial charge in [0.05, 0.1) is 39.5 Å². The van der Waals surface area contributed by atoms with E-state index in [0.29, 0.717) is 11.4 Å². The zero-order valence-electron chi connectivity index (χ0n) is 31.3. The molecule has 12 rings (SSSR count). The summed E-state index contributed by atoms with van der Waals surface area (Å²) in [7, 11) is 0. The molecule has 0 amide bonds. The first-order valence-corrected chi connectivity index (χ1v) is 19.6. The van der Waals surface area contributed by atoms with Crippen molar-refractivity contribution in [2.75, 3.05) is 0 Å². The number of fused-ring (bicyclic) bond motifs is 13. The minimum absolute atomic E-state index is 0.400. The molecule has 0 saturated heterocycles. The van der Waals surface area contributed by atoms with Crippen LogP contribution in [-0.2, 0) is 5.41 Å². The molecule has 2 aliphatic rings. The SMILES string of the molecule is N#Cc1cccc(-c2nc(-c3ccccc3)cc(-c3ccc(-n4c5ccccc5c5cc6c(cc54)-c4ccccc4C64c5ccccc5-c5ccccc54)cc3)n2)c1. The molecule has 2 aliphatic carbocycles. The quantitative estimate of drug-likeness (QED) is 0.181. The number of aromatic nitrogens is 3. The lowest BCUT2D eigenvalue weighted by Crippen LogP contribution is -2.25. The average molecular weight is 737 g/mol. The predicted octanol–water partition coefficient (Wildman–Crippen LogP) is 12.8. The summed E-state index contributed by atoms with van der Waals surface area (Å²) in [5.74, 6) is 0.583. The van der Waals surface area contributed by atoms with Gasteiger partial charge in [0.25, 0.3) is 0 Å². The summed E-state index contributed by atoms with van der Waals surface area (Å²) in [6.07, 6.45) is 0. The van der Waals surface area contributed by atoms with Crippen LogP contribution in [-0.4, -0.2) is 14.5 Å². The molecule has 10 aromatic rings. The molecule has 0 fully saturated rings. The summed E-state index contributed by atoms with van der Waals surface area (Å²) in [6.45, 7) is 0. The summed E-state index contributed by atoms with van der Waals surface area (Å²) >= 11 is 0. The van der Waals surface area contributed by atoms with Crippen molar-refractivity contribution in [1.29, 1.82) is 5.26 Å². The number of hydrogen-bond acceptors (Lipinski definition) is 3. The van der Waals surface area contributed by atoms with Gasteiger partial charge >= 0.3 is 0 Å². The van der Waals surface area contributed by atoms with Crippen LogP contribution in [0.15, 0.2) is 194 Å². The fraction of sp³-hybridized carbons (Fsp3) is 0.0185. The largest absolute Gasteiger partial charge is 0.309 e. The highest BCUT2D eigenvalue weighted by atomic mass is 15.0. The van der Waals surface area contributed by atoms with E-state index in [1.54, 1.807) is 6.07 Å². The van der Waals surface area contributed by atoms with Crippen molar-refractivity contribution in [2.24, 2.45) is 0 Å². The molecule has 2 heterocycles. The van der Waals surface area contributed by atoms with Gasteiger partial charge in [0, 0.05) is 33.2 Å². The molecule has 1 spiro atoms. The summed E-state index contributed by atoms with van der Waals surface area (Å²) in [5, 5.41) is 12.1. The van der Waals surface area contributed by atoms with Gasteiger partial charge in [0.1, 0.15) is 0 Å². The highest BCUT2D eigenvalue weighted by Gasteiger charge is 2.51. The van der Waals surface area contributed by atoms with Crippen molar-refractivity contribution in [2.45, 2.75) is 5.41 Å². The second-order valence-electron chi connectivity index (χ2n) is 15.2. The molecule has 8 aromatic carbocycles. The summed E-state index contributed by atoms with van der Waals surface area (Å²) in [5.41, 5.74) is 18.6. The van der Waals surface area contributed by atoms with Crippen LogP contribution in [0.25, 0.3) is 83.6 Å². The van der Waals surface area contributed by atoms with Crippen molar-refractivity contribution >= 4 is 21.8 Å². The molecule has 58 heavy (non-hydrogen) atoms. The van der Waals surface area contributed by atoms with Crippen molar-refractivity contribution < 1.29 is 0 Å². The lowest BCUT2D eigenvalue weighted by Gasteiger charge is -2.30. The minimum atomic E-state index is -0.400. The minimum Gasteiger partial charge on any atom is -0.309 e. The van der Waals surface area contributed by atoms with E-state index in [1.807, 2.05) is 36.4 Å². The number of nitrogens with zero attached hydrogens (tertiary/aromatic N) is 4. The molecule has 0 atom stereocenters. The van der Waals surface area contributed by atoms with Gasteiger partial charge < -0.3 is 4.57 Å². The number of hydrogen-bond donors (Lipinski definition) is 0. The molecule has 0 N–H and O–H groups in total. The smallest absolute Gasteiger partial charge is 0.160 e. The standard InChI is InChI=1S/C54H32N4/c55-33-34-13-12-16-37(29-34)53-56-49(35-14-2-1-3-15-35)32-50(57-53)36-25-27-38(28-26-36)58-51-24-11-7-20-42(51)44-30-48-43(31-52(44)58)41-19-6-10-23-47(41)54(48)45-21-8-4-17-39(45)40-18-5-9-22-46(40)54/h1-32H. The Morgan fingerprint density at radius 1 is 0.414 bits per heavy atom. The number of nitriles is 1. The summed E-state index contributed by atoms with van der Waals surface area (Å²) in [6, 6.07) is 71.4. The fourth-order valence-corrected chi connectivity index (χ4v) is 9.82. The molecule has 0 unspecified atom stereocenters. The van der Waals surface area contributed by atoms with Gasteiger partial charge in [0.2, 0.25) is 0 Å². The average Bonchev–Trinajstić information content (AvgIpc) is 3.90. The van der Waals surface area contributed by atoms with Crippen LogP contribution in [0, 0.1) is 11.3 Å². The van der Waals surface area contributed by atoms with Crippen molar-refractivity contribution in [3.05, 3.63) is 222 Å². The van der Waals surface area contributed by atoms with Crippen LogP contribution < -0.4 is 0 Å². The Labute approximate surface area is 335 Å². The predicted molar refractivity (Wildman–Crippen MR) is 234 cm³/mol. The van der Waals surface area contributed by atoms with E-state index >= 15 is 0 Å². The van der Waals surface area contributed by atoms with Crippen LogP contribution in [0.5, 0.6) is 0 Å². The fourth-order valence-electron chi connectivity index (χ4n) is 9.82. The van der Waals surface area contributed by atoms with E-state index in [0.717, 1.165) is 39.3 Å². The Bertz CT molecular complexity index is 3300. The molecule has 4 heteroatoms. The van der Waals surface area contributed by atoms with Crippen LogP contribution in [0.4, 0.5) is 0 Å². The van der Waals surface area contributed by atoms with Gasteiger partial charge in [-0.15, -0.1) is 0 Å². The van der Waals surface area contributed by atoms with E-state index in [9.17, 15) is 5.26 Å². The van der Waals surface area contributed by atoms with Gasteiger partial charge in [0.15, 0.2) is 5.82 Å². The molecular weight excluding hydrogens is 705 g/mol. The van der Waals surface area contributed by atoms with E-state index in [1.165, 1.54) is 60.8 Å². The second kappa shape index (κ2) is 12.3. The molecule has 268 valence electrons. The summed E-state index contributed by atoms with van der Waals surface area (Å²) < 4.78 is 2.41. The molecule has 0 saturated carbocycles. The molecule has 0 aliphatic heterocycles. The van der Waals surface area contributed by atoms with Gasteiger partial charge in [-0.1, -0.05) is 146 Å². The van der Waals surface area contributed by atoms with Crippen LogP contribution in [0.1, 0.15) is 27.8 Å². The van der Waals surface area contributed by atoms with E-state index in [2.05, 4.69) is 162 Å². The van der Waals surface area contributed by atoms with Crippen molar-refractivity contribution in [1.82, 2.24) is 14.5 Å². The lowest BCUT2D eigenvalue weighted by molar-refractivity contribution is 0.795. The molecule has 4 nitrogen and oxygen atoms in total. The van der Waals surface area contributed by atoms with Crippen molar-refractivity contribution in [3.8, 4) is 67.9 Å². The van der Waals surface area contributed by atoms with Gasteiger partial charge in [-0.2, -0.15) is 5.26 Å². The third-order valence-electron chi connectivity index (χ3n) is 12.3. The lowest BCUT2D eigenvalue weighted by atomic mass is 9.70. The van der Waals surface area contributed by atoms with Crippen LogP contribution in [0.2, 0.25) is 0 Å². The van der Waals surface area contributed by atoms with Crippen LogP contribution in [0.3, 0.4) is 0 Å². The third-order valence-corrected chi connectivity index (χ3v) is 12.3. The number of para-hydroxylation sites is 1. The highest BCUT2D eigenvalue weighted by molar-refractivity contribution is 6.12. The number of rotatable bonds is 4. The zero-order chi connectivity index (χ0) is 38.4. The highest BCUT2D eigenvalue weighted by Crippen LogP contribution is 2.63. The Kier molecular flexibility index (Phi) is 6.88. The van der Waals surface area contributed by atoms with Gasteiger partial charge in [-0.05, 0) is 93.0 Å². The molecule has 0 radical (unpaired) electrons. The molecule has 0 bridgehead atoms. The maximum atomic E-state index is 9.63. The Hall–Kier alpha value is -7.87. The Morgan fingerprint density at radius 2 is 0.983 bits per heavy atom. The molecule has 2 aromatic heterocycles. The van der Waals surface area contributed by atoms with E-state index in [-0.39, 0.29) is 0 Å². The molecular formula is C54H32N4. The summed E-state index contributed by atoms with van der Waals surface area (Å²) in [4.78, 5) is 10.0. The maximum absolute atomic E-state index is 9.63. The van der Waals surface area contributed by atoms with Crippen molar-refractivity contribution in [3.63, 3.8) is 0 Å². The number of benzene rings is 8.